The van der Waals surface area contributed by atoms with E-state index in [2.05, 4.69) is 37.2 Å². The van der Waals surface area contributed by atoms with Crippen molar-refractivity contribution < 1.29 is 48.3 Å². The number of carbonyl (C=O) groups excluding carboxylic acids is 9. The largest absolute Gasteiger partial charge is 0.508 e. The van der Waals surface area contributed by atoms with E-state index in [0.29, 0.717) is 65.9 Å². The first-order chi connectivity index (χ1) is 32.9. The lowest BCUT2D eigenvalue weighted by molar-refractivity contribution is -0.141. The van der Waals surface area contributed by atoms with Gasteiger partial charge in [0.05, 0.1) is 18.2 Å². The van der Waals surface area contributed by atoms with Crippen LogP contribution in [-0.4, -0.2) is 137 Å². The molecule has 1 saturated heterocycles. The quantitative estimate of drug-likeness (QED) is 0.0473. The van der Waals surface area contributed by atoms with Gasteiger partial charge >= 0.3 is 0 Å². The van der Waals surface area contributed by atoms with Gasteiger partial charge in [-0.2, -0.15) is 11.8 Å². The fourth-order valence-corrected chi connectivity index (χ4v) is 8.64. The number of hydrogen-bond acceptors (Lipinski definition) is 13. The van der Waals surface area contributed by atoms with Crippen LogP contribution in [0.2, 0.25) is 0 Å². The van der Waals surface area contributed by atoms with E-state index in [0.717, 1.165) is 0 Å². The lowest BCUT2D eigenvalue weighted by atomic mass is 9.83. The molecule has 1 aliphatic heterocycles. The molecule has 69 heavy (non-hydrogen) atoms. The molecule has 0 saturated carbocycles. The number of aromatic hydroxyl groups is 1. The summed E-state index contributed by atoms with van der Waals surface area (Å²) in [6.45, 7) is 7.08. The first-order valence-corrected chi connectivity index (χ1v) is 24.4. The van der Waals surface area contributed by atoms with Gasteiger partial charge in [-0.15, -0.1) is 0 Å². The predicted octanol–water partition coefficient (Wildman–Crippen LogP) is 1.15. The Morgan fingerprint density at radius 1 is 0.739 bits per heavy atom. The van der Waals surface area contributed by atoms with E-state index in [1.807, 2.05) is 13.8 Å². The van der Waals surface area contributed by atoms with Crippen LogP contribution in [0.3, 0.4) is 0 Å². The van der Waals surface area contributed by atoms with Crippen molar-refractivity contribution in [2.24, 2.45) is 11.7 Å². The molecule has 20 heteroatoms. The standard InChI is InChI=1S/C49H63N9O10S/c1-27(2)23-37(49(68)58-22-9-15-39(58)48(67)52-21-10-20-51-35-14-8-13-34-41(35)43(62)33-12-7-6-11-32(33)42(34)61)55-40(60)25-53-46(65)38(26-69-5)57-47(66)36(24-30-16-18-31(59)19-17-30)56-45(64)29(4)54-44(63)28(3)50/h6-8,11-14,16-19,27-29,36-39,51,59H,9-10,15,20-26,50H2,1-5H3,(H,52,67)(H,53,65)(H,54,63)(H,55,60)(H,56,64)(H,57,66)/t28-,29+,36+,37+,38+,39+/m1/s1. The molecule has 19 nitrogen and oxygen atoms in total. The first kappa shape index (κ1) is 53.2. The lowest BCUT2D eigenvalue weighted by Crippen LogP contribution is -2.58. The Balaban J connectivity index is 1.14. The number of phenols is 1. The van der Waals surface area contributed by atoms with Crippen molar-refractivity contribution >= 4 is 70.4 Å². The molecule has 10 N–H and O–H groups in total. The molecule has 0 aromatic heterocycles. The molecule has 1 aliphatic carbocycles. The minimum Gasteiger partial charge on any atom is -0.508 e. The van der Waals surface area contributed by atoms with Crippen LogP contribution in [0.4, 0.5) is 5.69 Å². The van der Waals surface area contributed by atoms with Crippen LogP contribution in [0.15, 0.2) is 66.7 Å². The van der Waals surface area contributed by atoms with Crippen molar-refractivity contribution in [1.29, 1.82) is 0 Å². The van der Waals surface area contributed by atoms with Gasteiger partial charge in [0.2, 0.25) is 41.4 Å². The Kier molecular flexibility index (Phi) is 19.3. The summed E-state index contributed by atoms with van der Waals surface area (Å²) in [5.41, 5.74) is 8.09. The highest BCUT2D eigenvalue weighted by Gasteiger charge is 2.38. The number of carbonyl (C=O) groups is 9. The van der Waals surface area contributed by atoms with Gasteiger partial charge in [0.25, 0.3) is 0 Å². The normalized spacial score (nSPS) is 16.2. The Bertz CT molecular complexity index is 2390. The van der Waals surface area contributed by atoms with Crippen molar-refractivity contribution in [3.8, 4) is 5.75 Å². The molecule has 5 rings (SSSR count). The third-order valence-corrected chi connectivity index (χ3v) is 12.3. The summed E-state index contributed by atoms with van der Waals surface area (Å²) >= 11 is 1.25. The average Bonchev–Trinajstić information content (AvgIpc) is 3.82. The van der Waals surface area contributed by atoms with Gasteiger partial charge in [-0.05, 0) is 75.5 Å². The molecule has 2 aliphatic rings. The molecular weight excluding hydrogens is 907 g/mol. The number of fused-ring (bicyclic) bond motifs is 2. The third kappa shape index (κ3) is 14.4. The van der Waals surface area contributed by atoms with E-state index in [9.17, 15) is 48.3 Å². The molecule has 7 amide bonds. The molecule has 0 unspecified atom stereocenters. The van der Waals surface area contributed by atoms with Gasteiger partial charge in [0.1, 0.15) is 36.0 Å². The van der Waals surface area contributed by atoms with Crippen molar-refractivity contribution in [2.75, 3.05) is 43.5 Å². The summed E-state index contributed by atoms with van der Waals surface area (Å²) in [7, 11) is 0. The summed E-state index contributed by atoms with van der Waals surface area (Å²) in [5, 5.41) is 28.9. The molecule has 3 aromatic rings. The van der Waals surface area contributed by atoms with E-state index < -0.39 is 78.2 Å². The van der Waals surface area contributed by atoms with Gasteiger partial charge in [0, 0.05) is 54.2 Å². The maximum Gasteiger partial charge on any atom is 0.245 e. The van der Waals surface area contributed by atoms with Crippen LogP contribution < -0.4 is 43.0 Å². The van der Waals surface area contributed by atoms with Crippen molar-refractivity contribution in [3.05, 3.63) is 94.5 Å². The van der Waals surface area contributed by atoms with Crippen molar-refractivity contribution in [3.63, 3.8) is 0 Å². The highest BCUT2D eigenvalue weighted by Crippen LogP contribution is 2.32. The Morgan fingerprint density at radius 2 is 1.41 bits per heavy atom. The third-order valence-electron chi connectivity index (χ3n) is 11.7. The molecular formula is C49H63N9O10S. The second-order valence-corrected chi connectivity index (χ2v) is 18.5. The summed E-state index contributed by atoms with van der Waals surface area (Å²) in [4.78, 5) is 121. The number of nitrogens with zero attached hydrogens (tertiary/aromatic N) is 1. The summed E-state index contributed by atoms with van der Waals surface area (Å²) in [5.74, 6) is -4.52. The molecule has 0 spiro atoms. The molecule has 1 fully saturated rings. The van der Waals surface area contributed by atoms with Gasteiger partial charge < -0.3 is 53.0 Å². The highest BCUT2D eigenvalue weighted by molar-refractivity contribution is 7.98. The number of nitrogens with one attached hydrogen (secondary N) is 7. The fourth-order valence-electron chi connectivity index (χ4n) is 8.07. The number of thioether (sulfide) groups is 1. The zero-order chi connectivity index (χ0) is 50.4. The number of nitrogens with two attached hydrogens (primary N) is 1. The molecule has 370 valence electrons. The topological polar surface area (TPSA) is 287 Å². The second-order valence-electron chi connectivity index (χ2n) is 17.6. The van der Waals surface area contributed by atoms with Gasteiger partial charge in [-0.25, -0.2) is 0 Å². The second kappa shape index (κ2) is 25.0. The molecule has 6 atom stereocenters. The van der Waals surface area contributed by atoms with Gasteiger partial charge in [-0.3, -0.25) is 43.2 Å². The molecule has 1 heterocycles. The average molecular weight is 970 g/mol. The highest BCUT2D eigenvalue weighted by atomic mass is 32.2. The number of anilines is 1. The van der Waals surface area contributed by atoms with Crippen molar-refractivity contribution in [1.82, 2.24) is 36.8 Å². The Hall–Kier alpha value is -6.80. The summed E-state index contributed by atoms with van der Waals surface area (Å²) in [6, 6.07) is 11.7. The Morgan fingerprint density at radius 3 is 2.07 bits per heavy atom. The smallest absolute Gasteiger partial charge is 0.245 e. The fraction of sp³-hybridized carbons (Fsp3) is 0.449. The number of rotatable bonds is 23. The van der Waals surface area contributed by atoms with E-state index in [1.165, 1.54) is 42.6 Å². The number of likely N-dealkylation sites (tertiary alicyclic amines) is 1. The number of phenolic OH excluding ortho intramolecular Hbond substituents is 1. The minimum atomic E-state index is -1.22. The van der Waals surface area contributed by atoms with Gasteiger partial charge in [-0.1, -0.05) is 62.4 Å². The van der Waals surface area contributed by atoms with Crippen LogP contribution in [-0.2, 0) is 40.0 Å². The van der Waals surface area contributed by atoms with E-state index in [4.69, 9.17) is 5.73 Å². The van der Waals surface area contributed by atoms with E-state index >= 15 is 0 Å². The van der Waals surface area contributed by atoms with Gasteiger partial charge in [0.15, 0.2) is 11.6 Å². The maximum absolute atomic E-state index is 14.0. The number of ketones is 2. The zero-order valence-corrected chi connectivity index (χ0v) is 40.3. The van der Waals surface area contributed by atoms with Crippen molar-refractivity contribution in [2.45, 2.75) is 96.1 Å². The minimum absolute atomic E-state index is 0.00566. The van der Waals surface area contributed by atoms with Crippen LogP contribution in [0.5, 0.6) is 5.75 Å². The molecule has 0 bridgehead atoms. The zero-order valence-electron chi connectivity index (χ0n) is 39.5. The van der Waals surface area contributed by atoms with E-state index in [1.54, 1.807) is 60.9 Å². The summed E-state index contributed by atoms with van der Waals surface area (Å²) in [6.07, 6.45) is 3.41. The van der Waals surface area contributed by atoms with Crippen LogP contribution >= 0.6 is 11.8 Å². The van der Waals surface area contributed by atoms with E-state index in [-0.39, 0.29) is 54.3 Å². The van der Waals surface area contributed by atoms with Crippen LogP contribution in [0.1, 0.15) is 90.8 Å². The molecule has 3 aromatic carbocycles. The molecule has 0 radical (unpaired) electrons. The monoisotopic (exact) mass is 969 g/mol. The first-order valence-electron chi connectivity index (χ1n) is 23.0. The predicted molar refractivity (Wildman–Crippen MR) is 260 cm³/mol. The number of benzene rings is 3. The van der Waals surface area contributed by atoms with Crippen LogP contribution in [0.25, 0.3) is 0 Å². The maximum atomic E-state index is 14.0. The van der Waals surface area contributed by atoms with Crippen LogP contribution in [0, 0.1) is 5.92 Å². The lowest BCUT2D eigenvalue weighted by Gasteiger charge is -2.29. The Labute approximate surface area is 405 Å². The number of amides is 7. The number of hydrogen-bond donors (Lipinski definition) is 9. The summed E-state index contributed by atoms with van der Waals surface area (Å²) < 4.78 is 0. The SMILES string of the molecule is CSC[C@H](NC(=O)[C@H](Cc1ccc(O)cc1)NC(=O)[C@H](C)NC(=O)[C@@H](C)N)C(=O)NCC(=O)N[C@@H](CC(C)C)C(=O)N1CCC[C@H]1C(=O)NCCCNc1cccc2c1C(=O)c1ccccc1C2=O.